The second-order valence-electron chi connectivity index (χ2n) is 7.90. The van der Waals surface area contributed by atoms with E-state index in [0.29, 0.717) is 28.0 Å². The van der Waals surface area contributed by atoms with Crippen LogP contribution in [0.2, 0.25) is 0 Å². The maximum atomic E-state index is 14.4. The molecule has 2 aromatic carbocycles. The number of carbonyl (C=O) groups excluding carboxylic acids is 1. The Balaban J connectivity index is 1.52. The average molecular weight is 494 g/mol. The van der Waals surface area contributed by atoms with Crippen LogP contribution in [0.5, 0.6) is 0 Å². The molecule has 11 heteroatoms. The lowest BCUT2D eigenvalue weighted by atomic mass is 10.1. The SMILES string of the molecule is CNc1ncnc2cc(F)c(C#CCNC(=O)c3c(C)n(C)n(Cc4ccc(F)c(F)c4)c3=O)cc12. The lowest BCUT2D eigenvalue weighted by Gasteiger charge is -2.08. The van der Waals surface area contributed by atoms with Gasteiger partial charge in [-0.25, -0.2) is 27.8 Å². The molecule has 2 aromatic heterocycles. The lowest BCUT2D eigenvalue weighted by Crippen LogP contribution is -2.31. The molecule has 0 radical (unpaired) electrons. The number of hydrogen-bond acceptors (Lipinski definition) is 5. The first kappa shape index (κ1) is 24.5. The van der Waals surface area contributed by atoms with Crippen molar-refractivity contribution in [2.75, 3.05) is 18.9 Å². The van der Waals surface area contributed by atoms with Crippen LogP contribution < -0.4 is 16.2 Å². The van der Waals surface area contributed by atoms with E-state index in [4.69, 9.17) is 0 Å². The molecular weight excluding hydrogens is 473 g/mol. The monoisotopic (exact) mass is 494 g/mol. The molecule has 0 aliphatic carbocycles. The van der Waals surface area contributed by atoms with E-state index in [1.807, 2.05) is 0 Å². The van der Waals surface area contributed by atoms with Crippen LogP contribution in [0.1, 0.15) is 27.2 Å². The summed E-state index contributed by atoms with van der Waals surface area (Å²) in [6.07, 6.45) is 1.33. The molecule has 2 heterocycles. The van der Waals surface area contributed by atoms with Gasteiger partial charge in [0.05, 0.1) is 24.2 Å². The molecule has 0 aliphatic rings. The Morgan fingerprint density at radius 2 is 1.86 bits per heavy atom. The van der Waals surface area contributed by atoms with Crippen molar-refractivity contribution in [1.82, 2.24) is 24.6 Å². The first-order chi connectivity index (χ1) is 17.2. The summed E-state index contributed by atoms with van der Waals surface area (Å²) in [5.41, 5.74) is 0.574. The topological polar surface area (TPSA) is 93.8 Å². The summed E-state index contributed by atoms with van der Waals surface area (Å²) in [5, 5.41) is 6.04. The maximum absolute atomic E-state index is 14.4. The van der Waals surface area contributed by atoms with E-state index in [2.05, 4.69) is 32.4 Å². The predicted octanol–water partition coefficient (Wildman–Crippen LogP) is 2.73. The van der Waals surface area contributed by atoms with Crippen LogP contribution in [0.25, 0.3) is 10.9 Å². The van der Waals surface area contributed by atoms with Crippen molar-refractivity contribution in [3.05, 3.63) is 86.8 Å². The molecule has 4 aromatic rings. The highest BCUT2D eigenvalue weighted by atomic mass is 19.2. The molecule has 0 bridgehead atoms. The smallest absolute Gasteiger partial charge is 0.280 e. The molecule has 0 saturated carbocycles. The Kier molecular flexibility index (Phi) is 6.78. The van der Waals surface area contributed by atoms with Gasteiger partial charge in [-0.3, -0.25) is 14.3 Å². The molecule has 0 fully saturated rings. The van der Waals surface area contributed by atoms with E-state index in [1.54, 1.807) is 21.0 Å². The molecule has 0 aliphatic heterocycles. The van der Waals surface area contributed by atoms with Gasteiger partial charge in [-0.1, -0.05) is 17.9 Å². The summed E-state index contributed by atoms with van der Waals surface area (Å²) in [7, 11) is 3.27. The second kappa shape index (κ2) is 9.95. The summed E-state index contributed by atoms with van der Waals surface area (Å²) in [5.74, 6) is 2.64. The van der Waals surface area contributed by atoms with Crippen molar-refractivity contribution in [3.8, 4) is 11.8 Å². The Bertz CT molecular complexity index is 1610. The molecule has 8 nitrogen and oxygen atoms in total. The molecule has 4 rings (SSSR count). The highest BCUT2D eigenvalue weighted by molar-refractivity contribution is 5.95. The van der Waals surface area contributed by atoms with Crippen LogP contribution in [0.3, 0.4) is 0 Å². The number of nitrogens with one attached hydrogen (secondary N) is 2. The van der Waals surface area contributed by atoms with Crippen LogP contribution in [0.4, 0.5) is 19.0 Å². The fourth-order valence-electron chi connectivity index (χ4n) is 3.74. The van der Waals surface area contributed by atoms with Gasteiger partial charge in [0.2, 0.25) is 0 Å². The van der Waals surface area contributed by atoms with Crippen molar-refractivity contribution in [1.29, 1.82) is 0 Å². The number of carbonyl (C=O) groups is 1. The zero-order valence-corrected chi connectivity index (χ0v) is 19.6. The fourth-order valence-corrected chi connectivity index (χ4v) is 3.74. The minimum Gasteiger partial charge on any atom is -0.373 e. The van der Waals surface area contributed by atoms with Gasteiger partial charge in [-0.2, -0.15) is 0 Å². The Morgan fingerprint density at radius 3 is 2.58 bits per heavy atom. The molecule has 0 spiro atoms. The third-order valence-corrected chi connectivity index (χ3v) is 5.72. The minimum atomic E-state index is -1.03. The number of hydrogen-bond donors (Lipinski definition) is 2. The quantitative estimate of drug-likeness (QED) is 0.416. The highest BCUT2D eigenvalue weighted by Crippen LogP contribution is 2.22. The third kappa shape index (κ3) is 4.65. The summed E-state index contributed by atoms with van der Waals surface area (Å²) < 4.78 is 43.9. The number of aromatic nitrogens is 4. The lowest BCUT2D eigenvalue weighted by molar-refractivity contribution is 0.0956. The first-order valence-corrected chi connectivity index (χ1v) is 10.8. The van der Waals surface area contributed by atoms with Crippen LogP contribution in [-0.2, 0) is 13.6 Å². The van der Waals surface area contributed by atoms with E-state index in [1.165, 1.54) is 33.9 Å². The Hall–Kier alpha value is -4.59. The van der Waals surface area contributed by atoms with E-state index in [0.717, 1.165) is 12.1 Å². The van der Waals surface area contributed by atoms with Gasteiger partial charge in [0.15, 0.2) is 11.6 Å². The number of halogens is 3. The van der Waals surface area contributed by atoms with Crippen molar-refractivity contribution in [2.24, 2.45) is 7.05 Å². The molecule has 0 saturated heterocycles. The molecule has 36 heavy (non-hydrogen) atoms. The number of fused-ring (bicyclic) bond motifs is 1. The van der Waals surface area contributed by atoms with Gasteiger partial charge in [-0.05, 0) is 30.7 Å². The summed E-state index contributed by atoms with van der Waals surface area (Å²) in [4.78, 5) is 33.8. The minimum absolute atomic E-state index is 0.0555. The van der Waals surface area contributed by atoms with Gasteiger partial charge in [0.1, 0.15) is 23.5 Å². The van der Waals surface area contributed by atoms with Gasteiger partial charge < -0.3 is 10.6 Å². The normalized spacial score (nSPS) is 10.7. The predicted molar refractivity (Wildman–Crippen MR) is 128 cm³/mol. The van der Waals surface area contributed by atoms with Gasteiger partial charge in [0.25, 0.3) is 11.5 Å². The van der Waals surface area contributed by atoms with Gasteiger partial charge in [-0.15, -0.1) is 0 Å². The van der Waals surface area contributed by atoms with Crippen LogP contribution in [-0.4, -0.2) is 38.8 Å². The summed E-state index contributed by atoms with van der Waals surface area (Å²) in [6.45, 7) is 1.40. The zero-order chi connectivity index (χ0) is 26.0. The molecule has 184 valence electrons. The van der Waals surface area contributed by atoms with Crippen molar-refractivity contribution < 1.29 is 18.0 Å². The van der Waals surface area contributed by atoms with Crippen LogP contribution in [0, 0.1) is 36.2 Å². The number of anilines is 1. The van der Waals surface area contributed by atoms with E-state index >= 15 is 0 Å². The standard InChI is InChI=1S/C25H21F3N6O2/c1-14-22(25(36)34(33(14)3)12-15-6-7-18(26)20(28)9-15)24(35)30-8-4-5-16-10-17-21(11-19(16)27)31-13-32-23(17)29-2/h6-7,9-11,13H,8,12H2,1-3H3,(H,30,35)(H,29,31,32). The van der Waals surface area contributed by atoms with Gasteiger partial charge >= 0.3 is 0 Å². The number of nitrogens with zero attached hydrogens (tertiary/aromatic N) is 4. The van der Waals surface area contributed by atoms with E-state index in [9.17, 15) is 22.8 Å². The Morgan fingerprint density at radius 1 is 1.08 bits per heavy atom. The average Bonchev–Trinajstić information content (AvgIpc) is 3.06. The van der Waals surface area contributed by atoms with Crippen molar-refractivity contribution in [2.45, 2.75) is 13.5 Å². The largest absolute Gasteiger partial charge is 0.373 e. The molecule has 1 amide bonds. The van der Waals surface area contributed by atoms with E-state index in [-0.39, 0.29) is 24.2 Å². The number of rotatable bonds is 5. The third-order valence-electron chi connectivity index (χ3n) is 5.72. The van der Waals surface area contributed by atoms with E-state index < -0.39 is 28.9 Å². The highest BCUT2D eigenvalue weighted by Gasteiger charge is 2.21. The molecular formula is C25H21F3N6O2. The fraction of sp³-hybridized carbons (Fsp3) is 0.200. The number of amides is 1. The van der Waals surface area contributed by atoms with Gasteiger partial charge in [0, 0.05) is 31.2 Å². The first-order valence-electron chi connectivity index (χ1n) is 10.8. The summed E-state index contributed by atoms with van der Waals surface area (Å²) >= 11 is 0. The van der Waals surface area contributed by atoms with Crippen molar-refractivity contribution >= 4 is 22.6 Å². The van der Waals surface area contributed by atoms with Crippen LogP contribution in [0.15, 0.2) is 41.5 Å². The molecule has 0 atom stereocenters. The van der Waals surface area contributed by atoms with Crippen LogP contribution >= 0.6 is 0 Å². The second-order valence-corrected chi connectivity index (χ2v) is 7.90. The van der Waals surface area contributed by atoms with Crippen molar-refractivity contribution in [3.63, 3.8) is 0 Å². The summed E-state index contributed by atoms with van der Waals surface area (Å²) in [6, 6.07) is 6.10. The molecule has 0 unspecified atom stereocenters. The maximum Gasteiger partial charge on any atom is 0.280 e. The Labute approximate surface area is 203 Å². The number of benzene rings is 2. The zero-order valence-electron chi connectivity index (χ0n) is 19.6. The molecule has 2 N–H and O–H groups in total.